The fourth-order valence-electron chi connectivity index (χ4n) is 2.80. The first-order valence-corrected chi connectivity index (χ1v) is 8.48. The molecule has 0 spiro atoms. The first-order chi connectivity index (χ1) is 12.2. The molecule has 0 saturated carbocycles. The minimum Gasteiger partial charge on any atom is -0.496 e. The van der Waals surface area contributed by atoms with Gasteiger partial charge in [0.25, 0.3) is 5.91 Å². The lowest BCUT2D eigenvalue weighted by atomic mass is 9.97. The van der Waals surface area contributed by atoms with Gasteiger partial charge in [-0.25, -0.2) is 4.79 Å². The number of rotatable bonds is 8. The second kappa shape index (κ2) is 9.71. The molecule has 0 atom stereocenters. The normalized spacial score (nSPS) is 13.6. The topological polar surface area (TPSA) is 73.9 Å². The zero-order valence-electron chi connectivity index (χ0n) is 14.8. The average molecular weight is 347 g/mol. The average Bonchev–Trinajstić information content (AvgIpc) is 2.66. The number of carbonyl (C=O) groups is 2. The predicted molar refractivity (Wildman–Crippen MR) is 94.0 cm³/mol. The standard InChI is InChI=1S/C19H25NO5/c1-23-15-9-6-10-16(24-2)18(15)19(22)25-13-17(21)20-12-11-14-7-4-3-5-8-14/h6-7,9-10H,3-5,8,11-13H2,1-2H3,(H,20,21). The van der Waals surface area contributed by atoms with E-state index in [0.29, 0.717) is 18.0 Å². The predicted octanol–water partition coefficient (Wildman–Crippen LogP) is 2.87. The van der Waals surface area contributed by atoms with Crippen molar-refractivity contribution in [1.82, 2.24) is 5.32 Å². The molecule has 0 aromatic heterocycles. The molecule has 1 aliphatic carbocycles. The van der Waals surface area contributed by atoms with Gasteiger partial charge in [-0.2, -0.15) is 0 Å². The van der Waals surface area contributed by atoms with E-state index in [4.69, 9.17) is 14.2 Å². The Balaban J connectivity index is 1.81. The number of nitrogens with one attached hydrogen (secondary N) is 1. The minimum absolute atomic E-state index is 0.174. The van der Waals surface area contributed by atoms with Crippen molar-refractivity contribution in [2.75, 3.05) is 27.4 Å². The summed E-state index contributed by atoms with van der Waals surface area (Å²) in [6, 6.07) is 4.98. The fraction of sp³-hybridized carbons (Fsp3) is 0.474. The van der Waals surface area contributed by atoms with E-state index in [1.807, 2.05) is 0 Å². The Labute approximate surface area is 148 Å². The van der Waals surface area contributed by atoms with Gasteiger partial charge in [0.15, 0.2) is 6.61 Å². The van der Waals surface area contributed by atoms with Gasteiger partial charge in [-0.3, -0.25) is 4.79 Å². The number of ether oxygens (including phenoxy) is 3. The summed E-state index contributed by atoms with van der Waals surface area (Å²) < 4.78 is 15.4. The molecular formula is C19H25NO5. The number of carbonyl (C=O) groups excluding carboxylic acids is 2. The zero-order valence-corrected chi connectivity index (χ0v) is 14.8. The molecule has 25 heavy (non-hydrogen) atoms. The van der Waals surface area contributed by atoms with E-state index in [2.05, 4.69) is 11.4 Å². The summed E-state index contributed by atoms with van der Waals surface area (Å²) >= 11 is 0. The lowest BCUT2D eigenvalue weighted by molar-refractivity contribution is -0.124. The van der Waals surface area contributed by atoms with E-state index in [1.165, 1.54) is 32.6 Å². The van der Waals surface area contributed by atoms with E-state index in [9.17, 15) is 9.59 Å². The van der Waals surface area contributed by atoms with Crippen molar-refractivity contribution < 1.29 is 23.8 Å². The highest BCUT2D eigenvalue weighted by Crippen LogP contribution is 2.28. The fourth-order valence-corrected chi connectivity index (χ4v) is 2.80. The summed E-state index contributed by atoms with van der Waals surface area (Å²) in [6.07, 6.45) is 7.81. The summed E-state index contributed by atoms with van der Waals surface area (Å²) in [7, 11) is 2.91. The van der Waals surface area contributed by atoms with Crippen LogP contribution in [0.15, 0.2) is 29.8 Å². The maximum atomic E-state index is 12.3. The molecule has 1 N–H and O–H groups in total. The van der Waals surface area contributed by atoms with Crippen molar-refractivity contribution >= 4 is 11.9 Å². The van der Waals surface area contributed by atoms with E-state index in [-0.39, 0.29) is 18.1 Å². The second-order valence-electron chi connectivity index (χ2n) is 5.82. The Morgan fingerprint density at radius 1 is 1.12 bits per heavy atom. The highest BCUT2D eigenvalue weighted by molar-refractivity contribution is 5.96. The van der Waals surface area contributed by atoms with Gasteiger partial charge < -0.3 is 19.5 Å². The highest BCUT2D eigenvalue weighted by atomic mass is 16.5. The Bertz CT molecular complexity index is 616. The molecular weight excluding hydrogens is 322 g/mol. The molecule has 0 fully saturated rings. The molecule has 1 aliphatic rings. The Hall–Kier alpha value is -2.50. The van der Waals surface area contributed by atoms with E-state index in [0.717, 1.165) is 19.3 Å². The van der Waals surface area contributed by atoms with E-state index >= 15 is 0 Å². The molecule has 0 heterocycles. The second-order valence-corrected chi connectivity index (χ2v) is 5.82. The quantitative estimate of drug-likeness (QED) is 0.578. The molecule has 1 amide bonds. The van der Waals surface area contributed by atoms with Gasteiger partial charge >= 0.3 is 5.97 Å². The number of benzene rings is 1. The molecule has 6 nitrogen and oxygen atoms in total. The van der Waals surface area contributed by atoms with Crippen molar-refractivity contribution in [3.05, 3.63) is 35.4 Å². The van der Waals surface area contributed by atoms with Crippen LogP contribution in [-0.2, 0) is 9.53 Å². The minimum atomic E-state index is -0.653. The molecule has 0 unspecified atom stereocenters. The summed E-state index contributed by atoms with van der Waals surface area (Å²) in [5.74, 6) is -0.291. The maximum Gasteiger partial charge on any atom is 0.346 e. The maximum absolute atomic E-state index is 12.3. The summed E-state index contributed by atoms with van der Waals surface area (Å²) in [5.41, 5.74) is 1.56. The number of allylic oxidation sites excluding steroid dienone is 1. The van der Waals surface area contributed by atoms with Crippen LogP contribution in [0.25, 0.3) is 0 Å². The number of amides is 1. The monoisotopic (exact) mass is 347 g/mol. The van der Waals surface area contributed by atoms with Crippen molar-refractivity contribution in [2.45, 2.75) is 32.1 Å². The molecule has 0 bridgehead atoms. The first-order valence-electron chi connectivity index (χ1n) is 8.48. The van der Waals surface area contributed by atoms with Crippen LogP contribution in [0, 0.1) is 0 Å². The van der Waals surface area contributed by atoms with Gasteiger partial charge in [0.2, 0.25) is 0 Å². The molecule has 1 aromatic carbocycles. The van der Waals surface area contributed by atoms with Crippen LogP contribution in [0.1, 0.15) is 42.5 Å². The van der Waals surface area contributed by atoms with Gasteiger partial charge in [-0.05, 0) is 44.2 Å². The van der Waals surface area contributed by atoms with E-state index in [1.54, 1.807) is 18.2 Å². The lowest BCUT2D eigenvalue weighted by Gasteiger charge is -2.14. The molecule has 0 radical (unpaired) electrons. The van der Waals surface area contributed by atoms with Crippen LogP contribution in [0.2, 0.25) is 0 Å². The molecule has 6 heteroatoms. The Morgan fingerprint density at radius 3 is 2.44 bits per heavy atom. The summed E-state index contributed by atoms with van der Waals surface area (Å²) in [6.45, 7) is 0.222. The molecule has 2 rings (SSSR count). The van der Waals surface area contributed by atoms with Gasteiger partial charge in [-0.1, -0.05) is 17.7 Å². The smallest absolute Gasteiger partial charge is 0.346 e. The molecule has 0 aliphatic heterocycles. The highest BCUT2D eigenvalue weighted by Gasteiger charge is 2.20. The number of hydrogen-bond donors (Lipinski definition) is 1. The van der Waals surface area contributed by atoms with Crippen molar-refractivity contribution in [3.63, 3.8) is 0 Å². The largest absolute Gasteiger partial charge is 0.496 e. The third-order valence-electron chi connectivity index (χ3n) is 4.12. The summed E-state index contributed by atoms with van der Waals surface area (Å²) in [5, 5.41) is 2.77. The van der Waals surface area contributed by atoms with E-state index < -0.39 is 5.97 Å². The number of hydrogen-bond acceptors (Lipinski definition) is 5. The first kappa shape index (κ1) is 18.8. The Kier molecular flexibility index (Phi) is 7.32. The summed E-state index contributed by atoms with van der Waals surface area (Å²) in [4.78, 5) is 24.1. The van der Waals surface area contributed by atoms with Gasteiger partial charge in [0, 0.05) is 6.54 Å². The van der Waals surface area contributed by atoms with Crippen molar-refractivity contribution in [1.29, 1.82) is 0 Å². The van der Waals surface area contributed by atoms with Crippen LogP contribution in [0.5, 0.6) is 11.5 Å². The lowest BCUT2D eigenvalue weighted by Crippen LogP contribution is -2.30. The zero-order chi connectivity index (χ0) is 18.1. The SMILES string of the molecule is COc1cccc(OC)c1C(=O)OCC(=O)NCCC1=CCCCC1. The third-order valence-corrected chi connectivity index (χ3v) is 4.12. The van der Waals surface area contributed by atoms with Crippen molar-refractivity contribution in [2.24, 2.45) is 0 Å². The van der Waals surface area contributed by atoms with Crippen LogP contribution in [0.3, 0.4) is 0 Å². The van der Waals surface area contributed by atoms with Crippen molar-refractivity contribution in [3.8, 4) is 11.5 Å². The van der Waals surface area contributed by atoms with Crippen LogP contribution in [0.4, 0.5) is 0 Å². The molecule has 136 valence electrons. The van der Waals surface area contributed by atoms with Gasteiger partial charge in [0.05, 0.1) is 14.2 Å². The van der Waals surface area contributed by atoms with Crippen LogP contribution < -0.4 is 14.8 Å². The third kappa shape index (κ3) is 5.52. The van der Waals surface area contributed by atoms with Crippen LogP contribution in [-0.4, -0.2) is 39.2 Å². The van der Waals surface area contributed by atoms with Crippen LogP contribution >= 0.6 is 0 Å². The Morgan fingerprint density at radius 2 is 1.84 bits per heavy atom. The van der Waals surface area contributed by atoms with Gasteiger partial charge in [0.1, 0.15) is 17.1 Å². The molecule has 1 aromatic rings. The van der Waals surface area contributed by atoms with Gasteiger partial charge in [-0.15, -0.1) is 0 Å². The number of methoxy groups -OCH3 is 2. The molecule has 0 saturated heterocycles. The number of esters is 1.